The molecular weight excluding hydrogens is 342 g/mol. The molecule has 0 aliphatic heterocycles. The van der Waals surface area contributed by atoms with Crippen LogP contribution >= 0.6 is 31.9 Å². The van der Waals surface area contributed by atoms with Crippen LogP contribution in [0.2, 0.25) is 0 Å². The van der Waals surface area contributed by atoms with Crippen LogP contribution in [-0.2, 0) is 9.63 Å². The summed E-state index contributed by atoms with van der Waals surface area (Å²) in [7, 11) is 0. The van der Waals surface area contributed by atoms with Gasteiger partial charge in [-0.1, -0.05) is 49.1 Å². The van der Waals surface area contributed by atoms with Crippen LogP contribution in [0.25, 0.3) is 0 Å². The third kappa shape index (κ3) is 3.94. The van der Waals surface area contributed by atoms with E-state index in [1.807, 2.05) is 0 Å². The second-order valence-corrected chi connectivity index (χ2v) is 4.38. The van der Waals surface area contributed by atoms with Crippen molar-refractivity contribution in [3.63, 3.8) is 0 Å². The molecule has 1 aromatic carbocycles. The first-order valence-corrected chi connectivity index (χ1v) is 6.28. The Morgan fingerprint density at radius 1 is 1.50 bits per heavy atom. The zero-order chi connectivity index (χ0) is 12.0. The number of rotatable bonds is 5. The smallest absolute Gasteiger partial charge is 0.352 e. The van der Waals surface area contributed by atoms with Crippen LogP contribution < -0.4 is 0 Å². The van der Waals surface area contributed by atoms with Crippen molar-refractivity contribution in [2.75, 3.05) is 5.33 Å². The lowest BCUT2D eigenvalue weighted by Crippen LogP contribution is -2.13. The summed E-state index contributed by atoms with van der Waals surface area (Å²) in [5.74, 6) is -1.07. The second kappa shape index (κ2) is 6.65. The fourth-order valence-electron chi connectivity index (χ4n) is 1.02. The van der Waals surface area contributed by atoms with Gasteiger partial charge in [0.05, 0.1) is 6.21 Å². The quantitative estimate of drug-likeness (QED) is 0.504. The van der Waals surface area contributed by atoms with Gasteiger partial charge in [-0.2, -0.15) is 0 Å². The Bertz CT molecular complexity index is 378. The predicted molar refractivity (Wildman–Crippen MR) is 67.9 cm³/mol. The molecule has 0 saturated carbocycles. The zero-order valence-electron chi connectivity index (χ0n) is 8.14. The van der Waals surface area contributed by atoms with Gasteiger partial charge in [0.2, 0.25) is 6.10 Å². The van der Waals surface area contributed by atoms with E-state index in [0.717, 1.165) is 4.47 Å². The Balaban J connectivity index is 2.81. The van der Waals surface area contributed by atoms with E-state index in [2.05, 4.69) is 37.0 Å². The van der Waals surface area contributed by atoms with Crippen molar-refractivity contribution in [1.82, 2.24) is 0 Å². The van der Waals surface area contributed by atoms with Gasteiger partial charge < -0.3 is 9.94 Å². The average molecular weight is 351 g/mol. The number of carboxylic acid groups (broad SMARTS) is 1. The maximum absolute atomic E-state index is 11.0. The molecule has 4 nitrogen and oxygen atoms in total. The summed E-state index contributed by atoms with van der Waals surface area (Å²) >= 11 is 6.39. The van der Waals surface area contributed by atoms with E-state index in [4.69, 9.17) is 9.94 Å². The van der Waals surface area contributed by atoms with E-state index in [9.17, 15) is 4.79 Å². The normalized spacial score (nSPS) is 12.6. The van der Waals surface area contributed by atoms with Crippen molar-refractivity contribution in [2.24, 2.45) is 5.16 Å². The van der Waals surface area contributed by atoms with Crippen molar-refractivity contribution < 1.29 is 14.7 Å². The van der Waals surface area contributed by atoms with Crippen LogP contribution in [-0.4, -0.2) is 22.6 Å². The highest BCUT2D eigenvalue weighted by atomic mass is 79.9. The lowest BCUT2D eigenvalue weighted by molar-refractivity contribution is -0.150. The average Bonchev–Trinajstić information content (AvgIpc) is 2.26. The molecule has 6 heteroatoms. The first-order valence-electron chi connectivity index (χ1n) is 4.37. The number of carboxylic acids is 1. The van der Waals surface area contributed by atoms with Crippen LogP contribution in [0.5, 0.6) is 0 Å². The van der Waals surface area contributed by atoms with Crippen LogP contribution in [0.15, 0.2) is 33.9 Å². The largest absolute Gasteiger partial charge is 0.478 e. The number of carbonyl (C=O) groups is 1. The molecule has 16 heavy (non-hydrogen) atoms. The highest BCUT2D eigenvalue weighted by Crippen LogP contribution is 2.20. The number of hydrogen-bond donors (Lipinski definition) is 1. The van der Waals surface area contributed by atoms with E-state index in [1.54, 1.807) is 24.3 Å². The van der Waals surface area contributed by atoms with Crippen LogP contribution in [0.1, 0.15) is 11.7 Å². The summed E-state index contributed by atoms with van der Waals surface area (Å²) in [6.45, 7) is 0. The van der Waals surface area contributed by atoms with Crippen molar-refractivity contribution >= 4 is 44.0 Å². The molecule has 0 amide bonds. The molecule has 0 aliphatic carbocycles. The molecule has 1 atom stereocenters. The minimum absolute atomic E-state index is 0.514. The minimum Gasteiger partial charge on any atom is -0.478 e. The number of oxime groups is 1. The van der Waals surface area contributed by atoms with Crippen molar-refractivity contribution in [3.8, 4) is 0 Å². The molecule has 1 unspecified atom stereocenters. The van der Waals surface area contributed by atoms with Crippen LogP contribution in [0.3, 0.4) is 0 Å². The lowest BCUT2D eigenvalue weighted by atomic mass is 10.1. The van der Waals surface area contributed by atoms with Gasteiger partial charge in [-0.15, -0.1) is 0 Å². The number of hydrogen-bond acceptors (Lipinski definition) is 3. The lowest BCUT2D eigenvalue weighted by Gasteiger charge is -2.10. The standard InChI is InChI=1S/C10H9Br2NO3/c11-5-6-13-16-9(10(14)15)7-1-3-8(12)4-2-7/h1-4,6,9H,5H2,(H,14,15). The van der Waals surface area contributed by atoms with Crippen LogP contribution in [0, 0.1) is 0 Å². The fraction of sp³-hybridized carbons (Fsp3) is 0.200. The Kier molecular flexibility index (Phi) is 5.48. The van der Waals surface area contributed by atoms with Crippen molar-refractivity contribution in [1.29, 1.82) is 0 Å². The van der Waals surface area contributed by atoms with Gasteiger partial charge in [-0.25, -0.2) is 4.79 Å². The molecule has 0 aliphatic rings. The number of aliphatic carboxylic acids is 1. The zero-order valence-corrected chi connectivity index (χ0v) is 11.3. The Labute approximate surface area is 110 Å². The van der Waals surface area contributed by atoms with Gasteiger partial charge in [0, 0.05) is 15.4 Å². The first-order chi connectivity index (χ1) is 7.65. The molecule has 0 fully saturated rings. The SMILES string of the molecule is O=C(O)C(ON=CCBr)c1ccc(Br)cc1. The van der Waals surface area contributed by atoms with Gasteiger partial charge in [0.1, 0.15) is 0 Å². The molecule has 1 aromatic rings. The molecule has 86 valence electrons. The van der Waals surface area contributed by atoms with Gasteiger partial charge in [0.15, 0.2) is 0 Å². The number of halogens is 2. The Morgan fingerprint density at radius 2 is 2.12 bits per heavy atom. The molecule has 0 bridgehead atoms. The van der Waals surface area contributed by atoms with Crippen molar-refractivity contribution in [3.05, 3.63) is 34.3 Å². The van der Waals surface area contributed by atoms with E-state index in [-0.39, 0.29) is 0 Å². The highest BCUT2D eigenvalue weighted by Gasteiger charge is 2.21. The second-order valence-electron chi connectivity index (χ2n) is 2.82. The minimum atomic E-state index is -1.08. The summed E-state index contributed by atoms with van der Waals surface area (Å²) in [5.41, 5.74) is 0.544. The number of nitrogens with zero attached hydrogens (tertiary/aromatic N) is 1. The summed E-state index contributed by atoms with van der Waals surface area (Å²) < 4.78 is 0.879. The highest BCUT2D eigenvalue weighted by molar-refractivity contribution is 9.10. The summed E-state index contributed by atoms with van der Waals surface area (Å²) in [6, 6.07) is 6.85. The van der Waals surface area contributed by atoms with Crippen LogP contribution in [0.4, 0.5) is 0 Å². The molecule has 0 spiro atoms. The van der Waals surface area contributed by atoms with Gasteiger partial charge in [0.25, 0.3) is 0 Å². The molecule has 1 N–H and O–H groups in total. The fourth-order valence-corrected chi connectivity index (χ4v) is 1.40. The third-order valence-electron chi connectivity index (χ3n) is 1.71. The van der Waals surface area contributed by atoms with Gasteiger partial charge in [-0.3, -0.25) is 0 Å². The monoisotopic (exact) mass is 349 g/mol. The number of alkyl halides is 1. The van der Waals surface area contributed by atoms with Gasteiger partial charge >= 0.3 is 5.97 Å². The topological polar surface area (TPSA) is 58.9 Å². The molecule has 0 aromatic heterocycles. The van der Waals surface area contributed by atoms with E-state index < -0.39 is 12.1 Å². The molecule has 0 heterocycles. The predicted octanol–water partition coefficient (Wildman–Crippen LogP) is 2.97. The molecule has 0 radical (unpaired) electrons. The maximum Gasteiger partial charge on any atom is 0.352 e. The molecular formula is C10H9Br2NO3. The summed E-state index contributed by atoms with van der Waals surface area (Å²) in [4.78, 5) is 15.9. The van der Waals surface area contributed by atoms with Crippen molar-refractivity contribution in [2.45, 2.75) is 6.10 Å². The van der Waals surface area contributed by atoms with E-state index in [1.165, 1.54) is 6.21 Å². The summed E-state index contributed by atoms with van der Waals surface area (Å²) in [6.07, 6.45) is 0.359. The number of benzene rings is 1. The summed E-state index contributed by atoms with van der Waals surface area (Å²) in [5, 5.41) is 13.0. The van der Waals surface area contributed by atoms with Gasteiger partial charge in [-0.05, 0) is 12.1 Å². The van der Waals surface area contributed by atoms with E-state index in [0.29, 0.717) is 10.9 Å². The van der Waals surface area contributed by atoms with E-state index >= 15 is 0 Å². The molecule has 0 saturated heterocycles. The Morgan fingerprint density at radius 3 is 2.62 bits per heavy atom. The Hall–Kier alpha value is -0.880. The third-order valence-corrected chi connectivity index (χ3v) is 2.53. The molecule has 1 rings (SSSR count). The maximum atomic E-state index is 11.0. The first kappa shape index (κ1) is 13.2.